The van der Waals surface area contributed by atoms with E-state index in [1.165, 1.54) is 23.1 Å². The molecule has 3 heterocycles. The number of thiazole rings is 1. The first-order chi connectivity index (χ1) is 14.1. The van der Waals surface area contributed by atoms with Gasteiger partial charge in [-0.3, -0.25) is 18.6 Å². The van der Waals surface area contributed by atoms with Gasteiger partial charge in [-0.1, -0.05) is 36.7 Å². The van der Waals surface area contributed by atoms with E-state index in [1.807, 2.05) is 41.1 Å². The number of aryl methyl sites for hydroxylation is 1. The minimum atomic E-state index is -0.0657. The molecule has 0 saturated heterocycles. The Hall–Kier alpha value is -2.45. The third-order valence-corrected chi connectivity index (χ3v) is 7.37. The van der Waals surface area contributed by atoms with E-state index < -0.39 is 0 Å². The minimum Gasteiger partial charge on any atom is -0.284 e. The third kappa shape index (κ3) is 3.30. The molecular weight excluding hydrogens is 404 g/mol. The molecular formula is C21H20N4O2S2. The predicted octanol–water partition coefficient (Wildman–Crippen LogP) is 4.18. The average Bonchev–Trinajstić information content (AvgIpc) is 3.37. The lowest BCUT2D eigenvalue weighted by Crippen LogP contribution is -2.26. The molecule has 6 nitrogen and oxygen atoms in total. The number of hydrogen-bond donors (Lipinski definition) is 0. The van der Waals surface area contributed by atoms with E-state index >= 15 is 0 Å². The minimum absolute atomic E-state index is 0.0300. The standard InChI is InChI=1S/C21H20N4O2S2/c1-13-11-28-20-22-14(10-18(26)24(13)20)12-29-21-23-17-9-5-4-8-16(17)19(27)25(21)15-6-2-3-7-15/h4-5,8-11,15H,2-3,6-7,12H2,1H3. The highest BCUT2D eigenvalue weighted by Crippen LogP contribution is 2.33. The summed E-state index contributed by atoms with van der Waals surface area (Å²) >= 11 is 2.95. The summed E-state index contributed by atoms with van der Waals surface area (Å²) in [6.45, 7) is 1.90. The lowest BCUT2D eigenvalue weighted by atomic mass is 10.2. The predicted molar refractivity (Wildman–Crippen MR) is 117 cm³/mol. The van der Waals surface area contributed by atoms with E-state index in [1.54, 1.807) is 10.5 Å². The Morgan fingerprint density at radius 3 is 2.79 bits per heavy atom. The Bertz CT molecular complexity index is 1330. The van der Waals surface area contributed by atoms with E-state index in [4.69, 9.17) is 4.98 Å². The van der Waals surface area contributed by atoms with Crippen LogP contribution in [0.25, 0.3) is 15.9 Å². The fourth-order valence-electron chi connectivity index (χ4n) is 4.03. The van der Waals surface area contributed by atoms with Gasteiger partial charge < -0.3 is 0 Å². The molecule has 5 rings (SSSR count). The highest BCUT2D eigenvalue weighted by molar-refractivity contribution is 7.98. The highest BCUT2D eigenvalue weighted by Gasteiger charge is 2.23. The largest absolute Gasteiger partial charge is 0.284 e. The van der Waals surface area contributed by atoms with Crippen LogP contribution in [0.3, 0.4) is 0 Å². The molecule has 1 saturated carbocycles. The smallest absolute Gasteiger partial charge is 0.262 e. The zero-order chi connectivity index (χ0) is 20.0. The summed E-state index contributed by atoms with van der Waals surface area (Å²) < 4.78 is 3.50. The Morgan fingerprint density at radius 1 is 1.17 bits per heavy atom. The Labute approximate surface area is 175 Å². The van der Waals surface area contributed by atoms with Crippen molar-refractivity contribution in [1.29, 1.82) is 0 Å². The van der Waals surface area contributed by atoms with Crippen molar-refractivity contribution in [1.82, 2.24) is 18.9 Å². The van der Waals surface area contributed by atoms with E-state index in [-0.39, 0.29) is 17.2 Å². The van der Waals surface area contributed by atoms with Gasteiger partial charge in [0.15, 0.2) is 10.1 Å². The molecule has 4 aromatic rings. The molecule has 0 amide bonds. The lowest BCUT2D eigenvalue weighted by Gasteiger charge is -2.18. The summed E-state index contributed by atoms with van der Waals surface area (Å²) in [7, 11) is 0. The van der Waals surface area contributed by atoms with Crippen LogP contribution in [0.15, 0.2) is 50.5 Å². The van der Waals surface area contributed by atoms with Gasteiger partial charge in [0.25, 0.3) is 11.1 Å². The van der Waals surface area contributed by atoms with Gasteiger partial charge in [-0.25, -0.2) is 9.97 Å². The van der Waals surface area contributed by atoms with Crippen molar-refractivity contribution in [3.05, 3.63) is 67.8 Å². The molecule has 0 N–H and O–H groups in total. The summed E-state index contributed by atoms with van der Waals surface area (Å²) in [6, 6.07) is 9.29. The van der Waals surface area contributed by atoms with Gasteiger partial charge in [-0.05, 0) is 31.9 Å². The number of benzene rings is 1. The molecule has 1 fully saturated rings. The normalized spacial score (nSPS) is 14.9. The first-order valence-corrected chi connectivity index (χ1v) is 11.6. The lowest BCUT2D eigenvalue weighted by molar-refractivity contribution is 0.457. The highest BCUT2D eigenvalue weighted by atomic mass is 32.2. The molecule has 0 aliphatic heterocycles. The van der Waals surface area contributed by atoms with E-state index in [0.29, 0.717) is 32.5 Å². The van der Waals surface area contributed by atoms with Crippen molar-refractivity contribution in [2.24, 2.45) is 0 Å². The summed E-state index contributed by atoms with van der Waals surface area (Å²) in [4.78, 5) is 35.8. The van der Waals surface area contributed by atoms with Crippen LogP contribution >= 0.6 is 23.1 Å². The number of fused-ring (bicyclic) bond motifs is 2. The molecule has 0 spiro atoms. The number of hydrogen-bond acceptors (Lipinski definition) is 6. The first-order valence-electron chi connectivity index (χ1n) is 9.72. The number of aromatic nitrogens is 4. The van der Waals surface area contributed by atoms with Crippen LogP contribution in [0.1, 0.15) is 43.1 Å². The van der Waals surface area contributed by atoms with Gasteiger partial charge in [0.2, 0.25) is 0 Å². The summed E-state index contributed by atoms with van der Waals surface area (Å²) in [5.74, 6) is 0.500. The van der Waals surface area contributed by atoms with Gasteiger partial charge in [0.05, 0.1) is 16.6 Å². The van der Waals surface area contributed by atoms with Crippen molar-refractivity contribution >= 4 is 39.0 Å². The summed E-state index contributed by atoms with van der Waals surface area (Å²) in [5, 5.41) is 3.31. The van der Waals surface area contributed by atoms with Crippen LogP contribution in [-0.2, 0) is 5.75 Å². The van der Waals surface area contributed by atoms with Gasteiger partial charge in [-0.2, -0.15) is 0 Å². The number of rotatable bonds is 4. The number of thioether (sulfide) groups is 1. The van der Waals surface area contributed by atoms with Crippen molar-refractivity contribution in [2.75, 3.05) is 0 Å². The molecule has 0 atom stereocenters. The van der Waals surface area contributed by atoms with Crippen molar-refractivity contribution < 1.29 is 0 Å². The third-order valence-electron chi connectivity index (χ3n) is 5.44. The fraction of sp³-hybridized carbons (Fsp3) is 0.333. The van der Waals surface area contributed by atoms with Gasteiger partial charge in [-0.15, -0.1) is 11.3 Å². The topological polar surface area (TPSA) is 69.3 Å². The van der Waals surface area contributed by atoms with E-state index in [9.17, 15) is 9.59 Å². The van der Waals surface area contributed by atoms with Gasteiger partial charge >= 0.3 is 0 Å². The molecule has 1 aliphatic carbocycles. The maximum absolute atomic E-state index is 13.2. The quantitative estimate of drug-likeness (QED) is 0.363. The molecule has 29 heavy (non-hydrogen) atoms. The van der Waals surface area contributed by atoms with E-state index in [0.717, 1.165) is 31.4 Å². The zero-order valence-electron chi connectivity index (χ0n) is 16.0. The summed E-state index contributed by atoms with van der Waals surface area (Å²) in [5.41, 5.74) is 2.29. The molecule has 0 bridgehead atoms. The fourth-order valence-corrected chi connectivity index (χ4v) is 5.87. The Morgan fingerprint density at radius 2 is 1.97 bits per heavy atom. The number of para-hydroxylation sites is 1. The van der Waals surface area contributed by atoms with Gasteiger partial charge in [0, 0.05) is 28.9 Å². The number of nitrogens with zero attached hydrogens (tertiary/aromatic N) is 4. The molecule has 1 aromatic carbocycles. The molecule has 3 aromatic heterocycles. The maximum Gasteiger partial charge on any atom is 0.262 e. The van der Waals surface area contributed by atoms with Crippen molar-refractivity contribution in [3.63, 3.8) is 0 Å². The average molecular weight is 425 g/mol. The van der Waals surface area contributed by atoms with Crippen LogP contribution in [0.2, 0.25) is 0 Å². The Kier molecular flexibility index (Phi) is 4.75. The second kappa shape index (κ2) is 7.42. The van der Waals surface area contributed by atoms with Crippen LogP contribution in [0, 0.1) is 6.92 Å². The van der Waals surface area contributed by atoms with Crippen LogP contribution < -0.4 is 11.1 Å². The molecule has 0 unspecified atom stereocenters. The molecule has 148 valence electrons. The SMILES string of the molecule is Cc1csc2nc(CSc3nc4ccccc4c(=O)n3C3CCCC3)cc(=O)n12. The second-order valence-corrected chi connectivity index (χ2v) is 9.17. The monoisotopic (exact) mass is 424 g/mol. The van der Waals surface area contributed by atoms with Crippen LogP contribution in [0.5, 0.6) is 0 Å². The van der Waals surface area contributed by atoms with Crippen LogP contribution in [0.4, 0.5) is 0 Å². The van der Waals surface area contributed by atoms with Crippen molar-refractivity contribution in [2.45, 2.75) is 49.6 Å². The van der Waals surface area contributed by atoms with E-state index in [2.05, 4.69) is 4.98 Å². The van der Waals surface area contributed by atoms with Crippen molar-refractivity contribution in [3.8, 4) is 0 Å². The molecule has 0 radical (unpaired) electrons. The summed E-state index contributed by atoms with van der Waals surface area (Å²) in [6.07, 6.45) is 4.29. The molecule has 8 heteroatoms. The Balaban J connectivity index is 1.55. The second-order valence-electron chi connectivity index (χ2n) is 7.39. The molecule has 1 aliphatic rings. The van der Waals surface area contributed by atoms with Crippen LogP contribution in [-0.4, -0.2) is 18.9 Å². The first kappa shape index (κ1) is 18.6. The zero-order valence-corrected chi connectivity index (χ0v) is 17.6. The maximum atomic E-state index is 13.2. The van der Waals surface area contributed by atoms with Gasteiger partial charge in [0.1, 0.15) is 0 Å².